The molecule has 3 atom stereocenters. The normalized spacial score (nSPS) is 37.8. The van der Waals surface area contributed by atoms with Crippen LogP contribution in [0.2, 0.25) is 0 Å². The molecule has 1 saturated carbocycles. The van der Waals surface area contributed by atoms with Crippen molar-refractivity contribution in [1.82, 2.24) is 0 Å². The highest BCUT2D eigenvalue weighted by atomic mass is 16.3. The number of hydrogen-bond donors (Lipinski definition) is 1. The predicted molar refractivity (Wildman–Crippen MR) is 52.0 cm³/mol. The monoisotopic (exact) mass is 170 g/mol. The highest BCUT2D eigenvalue weighted by molar-refractivity contribution is 4.88. The van der Waals surface area contributed by atoms with Gasteiger partial charge in [-0.1, -0.05) is 33.6 Å². The zero-order valence-electron chi connectivity index (χ0n) is 8.80. The molecule has 72 valence electrons. The molecular formula is C11H22O. The van der Waals surface area contributed by atoms with Crippen LogP contribution in [0.15, 0.2) is 0 Å². The zero-order valence-corrected chi connectivity index (χ0v) is 8.80. The molecule has 0 spiro atoms. The van der Waals surface area contributed by atoms with Crippen LogP contribution in [-0.4, -0.2) is 11.2 Å². The van der Waals surface area contributed by atoms with Gasteiger partial charge >= 0.3 is 0 Å². The van der Waals surface area contributed by atoms with Crippen LogP contribution in [-0.2, 0) is 0 Å². The van der Waals surface area contributed by atoms with Crippen LogP contribution >= 0.6 is 0 Å². The Bertz CT molecular complexity index is 149. The molecule has 1 aliphatic rings. The Labute approximate surface area is 76.2 Å². The summed E-state index contributed by atoms with van der Waals surface area (Å²) in [5.41, 5.74) is 0.339. The van der Waals surface area contributed by atoms with E-state index in [9.17, 15) is 5.11 Å². The van der Waals surface area contributed by atoms with Crippen LogP contribution in [0.4, 0.5) is 0 Å². The highest BCUT2D eigenvalue weighted by Gasteiger charge is 2.39. The van der Waals surface area contributed by atoms with Gasteiger partial charge in [0.25, 0.3) is 0 Å². The Morgan fingerprint density at radius 1 is 1.42 bits per heavy atom. The second-order valence-corrected chi connectivity index (χ2v) is 5.12. The molecule has 1 rings (SSSR count). The van der Waals surface area contributed by atoms with Crippen LogP contribution < -0.4 is 0 Å². The quantitative estimate of drug-likeness (QED) is 0.641. The molecular weight excluding hydrogens is 148 g/mol. The lowest BCUT2D eigenvalue weighted by molar-refractivity contribution is -0.0179. The van der Waals surface area contributed by atoms with E-state index in [2.05, 4.69) is 20.8 Å². The maximum absolute atomic E-state index is 9.68. The first-order valence-corrected chi connectivity index (χ1v) is 5.13. The van der Waals surface area contributed by atoms with Gasteiger partial charge in [-0.05, 0) is 30.6 Å². The van der Waals surface area contributed by atoms with Crippen LogP contribution in [0.25, 0.3) is 0 Å². The maximum atomic E-state index is 9.68. The molecule has 12 heavy (non-hydrogen) atoms. The summed E-state index contributed by atoms with van der Waals surface area (Å²) in [5, 5.41) is 9.68. The SMILES string of the molecule is CC(O)[C@H]1[C@@H](C)CCCC1(C)C. The molecule has 0 aromatic carbocycles. The molecule has 1 unspecified atom stereocenters. The second kappa shape index (κ2) is 3.37. The Morgan fingerprint density at radius 3 is 2.33 bits per heavy atom. The molecule has 1 heteroatoms. The zero-order chi connectivity index (χ0) is 9.35. The van der Waals surface area contributed by atoms with Crippen molar-refractivity contribution in [1.29, 1.82) is 0 Å². The topological polar surface area (TPSA) is 20.2 Å². The minimum absolute atomic E-state index is 0.143. The predicted octanol–water partition coefficient (Wildman–Crippen LogP) is 2.83. The first kappa shape index (κ1) is 10.0. The van der Waals surface area contributed by atoms with Gasteiger partial charge in [-0.2, -0.15) is 0 Å². The van der Waals surface area contributed by atoms with Crippen LogP contribution in [0, 0.1) is 17.3 Å². The Balaban J connectivity index is 2.74. The second-order valence-electron chi connectivity index (χ2n) is 5.12. The van der Waals surface area contributed by atoms with Gasteiger partial charge in [0.15, 0.2) is 0 Å². The van der Waals surface area contributed by atoms with Gasteiger partial charge in [-0.15, -0.1) is 0 Å². The molecule has 0 amide bonds. The van der Waals surface area contributed by atoms with E-state index in [1.165, 1.54) is 19.3 Å². The van der Waals surface area contributed by atoms with Gasteiger partial charge < -0.3 is 5.11 Å². The first-order chi connectivity index (χ1) is 5.45. The molecule has 0 aromatic rings. The first-order valence-electron chi connectivity index (χ1n) is 5.13. The average Bonchev–Trinajstić information content (AvgIpc) is 1.82. The Morgan fingerprint density at radius 2 is 2.00 bits per heavy atom. The lowest BCUT2D eigenvalue weighted by atomic mass is 9.62. The Hall–Kier alpha value is -0.0400. The highest BCUT2D eigenvalue weighted by Crippen LogP contribution is 2.45. The maximum Gasteiger partial charge on any atom is 0.0547 e. The van der Waals surface area contributed by atoms with Gasteiger partial charge in [-0.25, -0.2) is 0 Å². The van der Waals surface area contributed by atoms with Gasteiger partial charge in [0.2, 0.25) is 0 Å². The molecule has 0 aromatic heterocycles. The summed E-state index contributed by atoms with van der Waals surface area (Å²) >= 11 is 0. The van der Waals surface area contributed by atoms with Gasteiger partial charge in [-0.3, -0.25) is 0 Å². The molecule has 1 aliphatic carbocycles. The van der Waals surface area contributed by atoms with E-state index in [4.69, 9.17) is 0 Å². The molecule has 0 heterocycles. The van der Waals surface area contributed by atoms with Gasteiger partial charge in [0.1, 0.15) is 0 Å². The van der Waals surface area contributed by atoms with Gasteiger partial charge in [0.05, 0.1) is 6.10 Å². The third-order valence-electron chi connectivity index (χ3n) is 3.52. The minimum atomic E-state index is -0.143. The van der Waals surface area contributed by atoms with Crippen molar-refractivity contribution in [2.45, 2.75) is 53.1 Å². The minimum Gasteiger partial charge on any atom is -0.393 e. The lowest BCUT2D eigenvalue weighted by Gasteiger charge is -2.44. The third-order valence-corrected chi connectivity index (χ3v) is 3.52. The largest absolute Gasteiger partial charge is 0.393 e. The van der Waals surface area contributed by atoms with Crippen molar-refractivity contribution in [2.75, 3.05) is 0 Å². The van der Waals surface area contributed by atoms with E-state index in [0.717, 1.165) is 0 Å². The molecule has 0 bridgehead atoms. The molecule has 0 saturated heterocycles. The van der Waals surface area contributed by atoms with E-state index in [-0.39, 0.29) is 6.10 Å². The molecule has 1 fully saturated rings. The van der Waals surface area contributed by atoms with E-state index < -0.39 is 0 Å². The standard InChI is InChI=1S/C11H22O/c1-8-6-5-7-11(3,4)10(8)9(2)12/h8-10,12H,5-7H2,1-4H3/t8-,9?,10+/m0/s1. The summed E-state index contributed by atoms with van der Waals surface area (Å²) in [7, 11) is 0. The van der Waals surface area contributed by atoms with Crippen molar-refractivity contribution in [2.24, 2.45) is 17.3 Å². The molecule has 1 N–H and O–H groups in total. The average molecular weight is 170 g/mol. The summed E-state index contributed by atoms with van der Waals surface area (Å²) < 4.78 is 0. The number of aliphatic hydroxyl groups is 1. The van der Waals surface area contributed by atoms with Crippen molar-refractivity contribution in [3.63, 3.8) is 0 Å². The van der Waals surface area contributed by atoms with Crippen LogP contribution in [0.1, 0.15) is 47.0 Å². The van der Waals surface area contributed by atoms with Crippen molar-refractivity contribution >= 4 is 0 Å². The molecule has 1 nitrogen and oxygen atoms in total. The summed E-state index contributed by atoms with van der Waals surface area (Å²) in [6, 6.07) is 0. The summed E-state index contributed by atoms with van der Waals surface area (Å²) in [5.74, 6) is 1.18. The van der Waals surface area contributed by atoms with Gasteiger partial charge in [0, 0.05) is 0 Å². The van der Waals surface area contributed by atoms with Crippen LogP contribution in [0.3, 0.4) is 0 Å². The van der Waals surface area contributed by atoms with Crippen LogP contribution in [0.5, 0.6) is 0 Å². The fourth-order valence-electron chi connectivity index (χ4n) is 3.12. The van der Waals surface area contributed by atoms with E-state index in [1.54, 1.807) is 0 Å². The third kappa shape index (κ3) is 1.82. The number of hydrogen-bond acceptors (Lipinski definition) is 1. The lowest BCUT2D eigenvalue weighted by Crippen LogP contribution is -2.40. The van der Waals surface area contributed by atoms with E-state index in [1.807, 2.05) is 6.92 Å². The van der Waals surface area contributed by atoms with Crippen molar-refractivity contribution in [3.05, 3.63) is 0 Å². The number of aliphatic hydroxyl groups excluding tert-OH is 1. The molecule has 0 aliphatic heterocycles. The van der Waals surface area contributed by atoms with E-state index in [0.29, 0.717) is 17.3 Å². The van der Waals surface area contributed by atoms with Crippen molar-refractivity contribution in [3.8, 4) is 0 Å². The Kier molecular flexibility index (Phi) is 2.82. The summed E-state index contributed by atoms with van der Waals surface area (Å²) in [4.78, 5) is 0. The van der Waals surface area contributed by atoms with E-state index >= 15 is 0 Å². The molecule has 0 radical (unpaired) electrons. The number of rotatable bonds is 1. The summed E-state index contributed by atoms with van der Waals surface area (Å²) in [6.07, 6.45) is 3.75. The smallest absolute Gasteiger partial charge is 0.0547 e. The fraction of sp³-hybridized carbons (Fsp3) is 1.00. The fourth-order valence-corrected chi connectivity index (χ4v) is 3.12. The summed E-state index contributed by atoms with van der Waals surface area (Å²) in [6.45, 7) is 8.80. The van der Waals surface area contributed by atoms with Crippen molar-refractivity contribution < 1.29 is 5.11 Å².